The third kappa shape index (κ3) is 5.66. The maximum Gasteiger partial charge on any atom is 0.341 e. The Morgan fingerprint density at radius 2 is 2.00 bits per heavy atom. The lowest BCUT2D eigenvalue weighted by Crippen LogP contribution is -2.21. The van der Waals surface area contributed by atoms with Gasteiger partial charge >= 0.3 is 5.97 Å². The molecule has 158 valence electrons. The molecule has 0 unspecified atom stereocenters. The number of rotatable bonds is 8. The van der Waals surface area contributed by atoms with Gasteiger partial charge in [0.05, 0.1) is 27.2 Å². The van der Waals surface area contributed by atoms with Gasteiger partial charge in [0.2, 0.25) is 5.91 Å². The molecule has 2 aromatic rings. The molecule has 0 aromatic carbocycles. The summed E-state index contributed by atoms with van der Waals surface area (Å²) in [6.45, 7) is 6.11. The number of anilines is 1. The number of esters is 1. The molecule has 0 aliphatic carbocycles. The van der Waals surface area contributed by atoms with Crippen molar-refractivity contribution in [2.24, 2.45) is 0 Å². The Bertz CT molecular complexity index is 900. The van der Waals surface area contributed by atoms with Crippen molar-refractivity contribution in [2.45, 2.75) is 40.2 Å². The molecule has 0 fully saturated rings. The largest absolute Gasteiger partial charge is 0.462 e. The summed E-state index contributed by atoms with van der Waals surface area (Å²) < 4.78 is 7.80. The second kappa shape index (κ2) is 10.0. The highest BCUT2D eigenvalue weighted by atomic mass is 79.9. The van der Waals surface area contributed by atoms with Crippen LogP contribution < -0.4 is 5.32 Å². The molecule has 2 rings (SSSR count). The Kier molecular flexibility index (Phi) is 7.97. The van der Waals surface area contributed by atoms with Crippen LogP contribution >= 0.6 is 27.3 Å². The molecule has 0 saturated heterocycles. The summed E-state index contributed by atoms with van der Waals surface area (Å²) in [7, 11) is 3.28. The van der Waals surface area contributed by atoms with Gasteiger partial charge in [-0.15, -0.1) is 11.3 Å². The van der Waals surface area contributed by atoms with Gasteiger partial charge in [-0.1, -0.05) is 6.92 Å². The first-order valence-corrected chi connectivity index (χ1v) is 10.8. The minimum Gasteiger partial charge on any atom is -0.462 e. The van der Waals surface area contributed by atoms with Gasteiger partial charge in [-0.05, 0) is 41.8 Å². The van der Waals surface area contributed by atoms with Crippen LogP contribution in [0.3, 0.4) is 0 Å². The topological polar surface area (TPSA) is 93.5 Å². The van der Waals surface area contributed by atoms with Gasteiger partial charge in [0, 0.05) is 33.3 Å². The SMILES string of the molecule is CCCOC(=O)c1c(NC(=O)CCn2cc(Br)c(C)n2)sc(C(=O)N(C)C)c1C. The summed E-state index contributed by atoms with van der Waals surface area (Å²) >= 11 is 4.48. The van der Waals surface area contributed by atoms with E-state index in [0.717, 1.165) is 21.5 Å². The normalized spacial score (nSPS) is 10.7. The van der Waals surface area contributed by atoms with Crippen LogP contribution in [0.1, 0.15) is 51.1 Å². The van der Waals surface area contributed by atoms with Crippen molar-refractivity contribution in [3.63, 3.8) is 0 Å². The lowest BCUT2D eigenvalue weighted by molar-refractivity contribution is -0.116. The number of carbonyl (C=O) groups is 3. The summed E-state index contributed by atoms with van der Waals surface area (Å²) in [5.74, 6) is -1.04. The Labute approximate surface area is 182 Å². The van der Waals surface area contributed by atoms with Gasteiger partial charge in [0.15, 0.2) is 0 Å². The molecule has 0 aliphatic rings. The van der Waals surface area contributed by atoms with Crippen LogP contribution in [0.4, 0.5) is 5.00 Å². The fourth-order valence-corrected chi connectivity index (χ4v) is 4.08. The van der Waals surface area contributed by atoms with Crippen LogP contribution in [-0.4, -0.2) is 53.2 Å². The van der Waals surface area contributed by atoms with Gasteiger partial charge in [0.1, 0.15) is 5.00 Å². The molecule has 1 N–H and O–H groups in total. The number of carbonyl (C=O) groups excluding carboxylic acids is 3. The quantitative estimate of drug-likeness (QED) is 0.577. The minimum atomic E-state index is -0.541. The molecule has 8 nitrogen and oxygen atoms in total. The highest BCUT2D eigenvalue weighted by molar-refractivity contribution is 9.10. The first-order valence-electron chi connectivity index (χ1n) is 9.17. The number of nitrogens with zero attached hydrogens (tertiary/aromatic N) is 3. The van der Waals surface area contributed by atoms with E-state index in [1.54, 1.807) is 31.9 Å². The van der Waals surface area contributed by atoms with E-state index in [4.69, 9.17) is 4.74 Å². The van der Waals surface area contributed by atoms with Crippen LogP contribution in [0, 0.1) is 13.8 Å². The first-order chi connectivity index (χ1) is 13.6. The van der Waals surface area contributed by atoms with Crippen LogP contribution in [0.5, 0.6) is 0 Å². The summed E-state index contributed by atoms with van der Waals surface area (Å²) in [5.41, 5.74) is 1.59. The highest BCUT2D eigenvalue weighted by Gasteiger charge is 2.27. The van der Waals surface area contributed by atoms with Crippen LogP contribution in [0.2, 0.25) is 0 Å². The van der Waals surface area contributed by atoms with E-state index in [0.29, 0.717) is 28.4 Å². The monoisotopic (exact) mass is 484 g/mol. The molecule has 2 aromatic heterocycles. The summed E-state index contributed by atoms with van der Waals surface area (Å²) in [5, 5.41) is 7.40. The smallest absolute Gasteiger partial charge is 0.341 e. The van der Waals surface area contributed by atoms with Crippen molar-refractivity contribution < 1.29 is 19.1 Å². The number of hydrogen-bond donors (Lipinski definition) is 1. The van der Waals surface area contributed by atoms with Crippen molar-refractivity contribution in [3.8, 4) is 0 Å². The molecular weight excluding hydrogens is 460 g/mol. The molecule has 0 atom stereocenters. The summed E-state index contributed by atoms with van der Waals surface area (Å²) in [6.07, 6.45) is 2.66. The van der Waals surface area contributed by atoms with Gasteiger partial charge in [-0.3, -0.25) is 14.3 Å². The summed E-state index contributed by atoms with van der Waals surface area (Å²) in [6, 6.07) is 0. The number of hydrogen-bond acceptors (Lipinski definition) is 6. The average Bonchev–Trinajstić information content (AvgIpc) is 3.16. The predicted molar refractivity (Wildman–Crippen MR) is 116 cm³/mol. The standard InChI is InChI=1S/C19H25BrN4O4S/c1-6-9-28-19(27)15-11(2)16(18(26)23(4)5)29-17(15)21-14(25)7-8-24-10-13(20)12(3)22-24/h10H,6-9H2,1-5H3,(H,21,25). The van der Waals surface area contributed by atoms with Crippen LogP contribution in [0.25, 0.3) is 0 Å². The van der Waals surface area contributed by atoms with Crippen molar-refractivity contribution in [2.75, 3.05) is 26.0 Å². The highest BCUT2D eigenvalue weighted by Crippen LogP contribution is 2.34. The fourth-order valence-electron chi connectivity index (χ4n) is 2.53. The number of nitrogens with one attached hydrogen (secondary N) is 1. The van der Waals surface area contributed by atoms with E-state index in [1.165, 1.54) is 4.90 Å². The number of thiophene rings is 1. The minimum absolute atomic E-state index is 0.172. The predicted octanol–water partition coefficient (Wildman–Crippen LogP) is 3.62. The molecule has 0 spiro atoms. The molecule has 10 heteroatoms. The molecule has 2 heterocycles. The first kappa shape index (κ1) is 23.1. The lowest BCUT2D eigenvalue weighted by Gasteiger charge is -2.09. The molecule has 0 aliphatic heterocycles. The van der Waals surface area contributed by atoms with Gasteiger partial charge < -0.3 is 15.0 Å². The Morgan fingerprint density at radius 1 is 1.31 bits per heavy atom. The molecule has 0 bridgehead atoms. The van der Waals surface area contributed by atoms with Crippen LogP contribution in [0.15, 0.2) is 10.7 Å². The van der Waals surface area contributed by atoms with E-state index in [-0.39, 0.29) is 30.4 Å². The number of amides is 2. The number of aromatic nitrogens is 2. The summed E-state index contributed by atoms with van der Waals surface area (Å²) in [4.78, 5) is 39.3. The van der Waals surface area contributed by atoms with E-state index in [2.05, 4.69) is 26.3 Å². The Hall–Kier alpha value is -2.20. The van der Waals surface area contributed by atoms with Crippen LogP contribution in [-0.2, 0) is 16.1 Å². The zero-order valence-electron chi connectivity index (χ0n) is 17.2. The lowest BCUT2D eigenvalue weighted by atomic mass is 10.1. The third-order valence-corrected chi connectivity index (χ3v) is 6.07. The second-order valence-corrected chi connectivity index (χ2v) is 8.59. The zero-order chi connectivity index (χ0) is 21.7. The van der Waals surface area contributed by atoms with Gasteiger partial charge in [0.25, 0.3) is 5.91 Å². The molecule has 2 amide bonds. The fraction of sp³-hybridized carbons (Fsp3) is 0.474. The van der Waals surface area contributed by atoms with Gasteiger partial charge in [-0.25, -0.2) is 4.79 Å². The zero-order valence-corrected chi connectivity index (χ0v) is 19.6. The maximum absolute atomic E-state index is 12.5. The molecule has 0 radical (unpaired) electrons. The van der Waals surface area contributed by atoms with Crippen molar-refractivity contribution in [1.29, 1.82) is 0 Å². The van der Waals surface area contributed by atoms with Crippen molar-refractivity contribution >= 4 is 50.1 Å². The number of ether oxygens (including phenoxy) is 1. The van der Waals surface area contributed by atoms with E-state index >= 15 is 0 Å². The Morgan fingerprint density at radius 3 is 2.55 bits per heavy atom. The van der Waals surface area contributed by atoms with E-state index < -0.39 is 5.97 Å². The number of aryl methyl sites for hydroxylation is 2. The van der Waals surface area contributed by atoms with E-state index in [1.807, 2.05) is 13.8 Å². The maximum atomic E-state index is 12.5. The average molecular weight is 485 g/mol. The van der Waals surface area contributed by atoms with E-state index in [9.17, 15) is 14.4 Å². The number of halogens is 1. The molecular formula is C19H25BrN4O4S. The van der Waals surface area contributed by atoms with Crippen molar-refractivity contribution in [3.05, 3.63) is 32.4 Å². The van der Waals surface area contributed by atoms with Gasteiger partial charge in [-0.2, -0.15) is 5.10 Å². The Balaban J connectivity index is 2.22. The molecule has 0 saturated carbocycles. The third-order valence-electron chi connectivity index (χ3n) is 4.10. The van der Waals surface area contributed by atoms with Crippen molar-refractivity contribution in [1.82, 2.24) is 14.7 Å². The second-order valence-electron chi connectivity index (χ2n) is 6.72. The molecule has 29 heavy (non-hydrogen) atoms.